The molecule has 1 atom stereocenters. The Morgan fingerprint density at radius 2 is 2.00 bits per heavy atom. The van der Waals surface area contributed by atoms with Gasteiger partial charge in [0.05, 0.1) is 0 Å². The second-order valence-electron chi connectivity index (χ2n) is 4.19. The van der Waals surface area contributed by atoms with Gasteiger partial charge in [-0.25, -0.2) is 8.78 Å². The van der Waals surface area contributed by atoms with E-state index in [9.17, 15) is 13.9 Å². The van der Waals surface area contributed by atoms with Crippen LogP contribution in [0.5, 0.6) is 0 Å². The second-order valence-corrected chi connectivity index (χ2v) is 5.14. The molecule has 0 spiro atoms. The highest BCUT2D eigenvalue weighted by Gasteiger charge is 2.20. The predicted octanol–water partition coefficient (Wildman–Crippen LogP) is 3.98. The quantitative estimate of drug-likeness (QED) is 0.892. The lowest BCUT2D eigenvalue weighted by molar-refractivity contribution is 0.217. The molecule has 0 aliphatic heterocycles. The summed E-state index contributed by atoms with van der Waals surface area (Å²) in [4.78, 5) is 0.724. The molecule has 0 fully saturated rings. The number of thiophene rings is 1. The third-order valence-electron chi connectivity index (χ3n) is 2.98. The van der Waals surface area contributed by atoms with Gasteiger partial charge in [0.1, 0.15) is 17.7 Å². The van der Waals surface area contributed by atoms with Crippen molar-refractivity contribution in [2.24, 2.45) is 0 Å². The fourth-order valence-corrected chi connectivity index (χ4v) is 2.91. The number of aliphatic hydroxyl groups is 1. The van der Waals surface area contributed by atoms with Crippen molar-refractivity contribution < 1.29 is 13.9 Å². The zero-order valence-electron chi connectivity index (χ0n) is 10.2. The van der Waals surface area contributed by atoms with Gasteiger partial charge in [0.25, 0.3) is 0 Å². The fraction of sp³-hybridized carbons (Fsp3) is 0.286. The first-order valence-corrected chi connectivity index (χ1v) is 6.62. The Hall–Kier alpha value is -1.26. The van der Waals surface area contributed by atoms with Gasteiger partial charge in [0.2, 0.25) is 0 Å². The topological polar surface area (TPSA) is 20.2 Å². The third-order valence-corrected chi connectivity index (χ3v) is 3.99. The van der Waals surface area contributed by atoms with Crippen LogP contribution in [0.3, 0.4) is 0 Å². The monoisotopic (exact) mass is 268 g/mol. The summed E-state index contributed by atoms with van der Waals surface area (Å²) in [6.07, 6.45) is -0.253. The highest BCUT2D eigenvalue weighted by Crippen LogP contribution is 2.32. The van der Waals surface area contributed by atoms with Crippen molar-refractivity contribution in [1.29, 1.82) is 0 Å². The second kappa shape index (κ2) is 5.16. The van der Waals surface area contributed by atoms with E-state index in [4.69, 9.17) is 0 Å². The number of halogens is 2. The number of hydrogen-bond acceptors (Lipinski definition) is 2. The van der Waals surface area contributed by atoms with Crippen LogP contribution in [-0.2, 0) is 6.42 Å². The summed E-state index contributed by atoms with van der Waals surface area (Å²) in [5, 5.41) is 12.1. The Kier molecular flexibility index (Phi) is 3.78. The normalized spacial score (nSPS) is 12.7. The van der Waals surface area contributed by atoms with Crippen LogP contribution in [0.25, 0.3) is 0 Å². The summed E-state index contributed by atoms with van der Waals surface area (Å²) in [6.45, 7) is 3.53. The number of aryl methyl sites for hydroxylation is 2. The number of rotatable bonds is 3. The van der Waals surface area contributed by atoms with Crippen molar-refractivity contribution in [2.75, 3.05) is 0 Å². The van der Waals surface area contributed by atoms with Gasteiger partial charge in [0, 0.05) is 16.5 Å². The highest BCUT2D eigenvalue weighted by molar-refractivity contribution is 7.10. The molecule has 1 unspecified atom stereocenters. The van der Waals surface area contributed by atoms with Gasteiger partial charge < -0.3 is 5.11 Å². The van der Waals surface area contributed by atoms with Crippen LogP contribution >= 0.6 is 11.3 Å². The lowest BCUT2D eigenvalue weighted by atomic mass is 10.0. The Balaban J connectivity index is 2.46. The zero-order valence-corrected chi connectivity index (χ0v) is 11.0. The summed E-state index contributed by atoms with van der Waals surface area (Å²) in [5.74, 6) is -1.30. The van der Waals surface area contributed by atoms with Crippen LogP contribution in [0.1, 0.15) is 34.6 Å². The van der Waals surface area contributed by atoms with Gasteiger partial charge in [-0.2, -0.15) is 0 Å². The Morgan fingerprint density at radius 1 is 1.28 bits per heavy atom. The molecule has 0 saturated carbocycles. The zero-order chi connectivity index (χ0) is 13.3. The Bertz CT molecular complexity index is 563. The van der Waals surface area contributed by atoms with Gasteiger partial charge in [-0.1, -0.05) is 6.92 Å². The van der Waals surface area contributed by atoms with Crippen LogP contribution in [0, 0.1) is 18.6 Å². The third kappa shape index (κ3) is 2.31. The van der Waals surface area contributed by atoms with E-state index in [0.717, 1.165) is 22.9 Å². The first-order valence-electron chi connectivity index (χ1n) is 5.74. The summed E-state index contributed by atoms with van der Waals surface area (Å²) in [7, 11) is 0. The van der Waals surface area contributed by atoms with Gasteiger partial charge in [-0.15, -0.1) is 11.3 Å². The van der Waals surface area contributed by atoms with E-state index < -0.39 is 17.7 Å². The molecule has 0 radical (unpaired) electrons. The summed E-state index contributed by atoms with van der Waals surface area (Å²) < 4.78 is 26.9. The minimum absolute atomic E-state index is 0.131. The molecule has 0 aliphatic rings. The van der Waals surface area contributed by atoms with Gasteiger partial charge in [0.15, 0.2) is 0 Å². The molecule has 1 aromatic heterocycles. The van der Waals surface area contributed by atoms with Crippen molar-refractivity contribution >= 4 is 11.3 Å². The molecule has 2 aromatic rings. The van der Waals surface area contributed by atoms with Crippen molar-refractivity contribution in [3.63, 3.8) is 0 Å². The molecule has 96 valence electrons. The van der Waals surface area contributed by atoms with E-state index in [1.54, 1.807) is 6.92 Å². The minimum atomic E-state index is -1.03. The van der Waals surface area contributed by atoms with Crippen molar-refractivity contribution in [3.8, 4) is 0 Å². The van der Waals surface area contributed by atoms with Gasteiger partial charge >= 0.3 is 0 Å². The SMILES string of the molecule is CCc1ccsc1C(O)c1cc(C)c(F)cc1F. The maximum atomic E-state index is 13.7. The predicted molar refractivity (Wildman–Crippen MR) is 68.9 cm³/mol. The highest BCUT2D eigenvalue weighted by atomic mass is 32.1. The molecule has 1 aromatic carbocycles. The van der Waals surface area contributed by atoms with E-state index in [-0.39, 0.29) is 5.56 Å². The molecule has 1 heterocycles. The maximum Gasteiger partial charge on any atom is 0.132 e. The molecule has 0 bridgehead atoms. The Morgan fingerprint density at radius 3 is 2.67 bits per heavy atom. The Labute approximate surface area is 109 Å². The van der Waals surface area contributed by atoms with Gasteiger partial charge in [-0.05, 0) is 42.0 Å². The minimum Gasteiger partial charge on any atom is -0.383 e. The molecule has 1 nitrogen and oxygen atoms in total. The fourth-order valence-electron chi connectivity index (χ4n) is 1.91. The molecule has 18 heavy (non-hydrogen) atoms. The molecule has 0 saturated heterocycles. The van der Waals surface area contributed by atoms with E-state index in [1.165, 1.54) is 17.4 Å². The lowest BCUT2D eigenvalue weighted by Crippen LogP contribution is -2.04. The summed E-state index contributed by atoms with van der Waals surface area (Å²) in [6, 6.07) is 4.11. The summed E-state index contributed by atoms with van der Waals surface area (Å²) in [5.41, 5.74) is 1.46. The van der Waals surface area contributed by atoms with Crippen molar-refractivity contribution in [2.45, 2.75) is 26.4 Å². The maximum absolute atomic E-state index is 13.7. The van der Waals surface area contributed by atoms with E-state index in [1.807, 2.05) is 18.4 Å². The summed E-state index contributed by atoms with van der Waals surface area (Å²) >= 11 is 1.39. The standard InChI is InChI=1S/C14H14F2OS/c1-3-9-4-5-18-14(9)13(17)10-6-8(2)11(15)7-12(10)16/h4-7,13,17H,3H2,1-2H3. The first-order chi connectivity index (χ1) is 8.54. The lowest BCUT2D eigenvalue weighted by Gasteiger charge is -2.13. The van der Waals surface area contributed by atoms with Crippen LogP contribution in [0.4, 0.5) is 8.78 Å². The van der Waals surface area contributed by atoms with Crippen LogP contribution in [0.15, 0.2) is 23.6 Å². The average molecular weight is 268 g/mol. The van der Waals surface area contributed by atoms with Crippen LogP contribution in [0.2, 0.25) is 0 Å². The van der Waals surface area contributed by atoms with E-state index in [2.05, 4.69) is 0 Å². The van der Waals surface area contributed by atoms with Crippen molar-refractivity contribution in [3.05, 3.63) is 56.8 Å². The molecule has 0 amide bonds. The van der Waals surface area contributed by atoms with E-state index >= 15 is 0 Å². The molecule has 2 rings (SSSR count). The van der Waals surface area contributed by atoms with Crippen LogP contribution < -0.4 is 0 Å². The molecule has 1 N–H and O–H groups in total. The van der Waals surface area contributed by atoms with Crippen molar-refractivity contribution in [1.82, 2.24) is 0 Å². The molecular weight excluding hydrogens is 254 g/mol. The average Bonchev–Trinajstić information content (AvgIpc) is 2.81. The van der Waals surface area contributed by atoms with Crippen LogP contribution in [-0.4, -0.2) is 5.11 Å². The van der Waals surface area contributed by atoms with Gasteiger partial charge in [-0.3, -0.25) is 0 Å². The largest absolute Gasteiger partial charge is 0.383 e. The first kappa shape index (κ1) is 13.2. The molecule has 4 heteroatoms. The number of aliphatic hydroxyl groups excluding tert-OH is 1. The smallest absolute Gasteiger partial charge is 0.132 e. The number of hydrogen-bond donors (Lipinski definition) is 1. The number of benzene rings is 1. The van der Waals surface area contributed by atoms with E-state index in [0.29, 0.717) is 5.56 Å². The molecular formula is C14H14F2OS. The molecule has 0 aliphatic carbocycles.